The van der Waals surface area contributed by atoms with E-state index in [1.807, 2.05) is 54.4 Å². The fraction of sp³-hybridized carbons (Fsp3) is 0.360. The van der Waals surface area contributed by atoms with E-state index in [2.05, 4.69) is 29.9 Å². The molecule has 0 aliphatic carbocycles. The number of rotatable bonds is 12. The van der Waals surface area contributed by atoms with E-state index >= 15 is 0 Å². The lowest BCUT2D eigenvalue weighted by molar-refractivity contribution is 0.300. The summed E-state index contributed by atoms with van der Waals surface area (Å²) in [6.45, 7) is 6.56. The van der Waals surface area contributed by atoms with Crippen LogP contribution in [-0.2, 0) is 0 Å². The average molecular weight is 437 g/mol. The fourth-order valence-corrected chi connectivity index (χ4v) is 3.28. The van der Waals surface area contributed by atoms with Gasteiger partial charge in [-0.25, -0.2) is 0 Å². The number of anilines is 2. The van der Waals surface area contributed by atoms with E-state index < -0.39 is 0 Å². The maximum Gasteiger partial charge on any atom is 0.177 e. The second-order valence-electron chi connectivity index (χ2n) is 7.49. The molecule has 0 aliphatic rings. The summed E-state index contributed by atoms with van der Waals surface area (Å²) in [7, 11) is 4.04. The van der Waals surface area contributed by atoms with Gasteiger partial charge in [-0.3, -0.25) is 0 Å². The van der Waals surface area contributed by atoms with Crippen LogP contribution in [0.5, 0.6) is 5.75 Å². The smallest absolute Gasteiger partial charge is 0.177 e. The Kier molecular flexibility index (Phi) is 10.6. The molecule has 0 amide bonds. The minimum atomic E-state index is 0.581. The topological polar surface area (TPSA) is 51.5 Å². The second-order valence-corrected chi connectivity index (χ2v) is 7.87. The molecule has 164 valence electrons. The van der Waals surface area contributed by atoms with Crippen molar-refractivity contribution in [2.75, 3.05) is 44.0 Å². The number of hydrogen-bond donors (Lipinski definition) is 1. The second kappa shape index (κ2) is 13.4. The Hall–Kier alpha value is -2.88. The van der Waals surface area contributed by atoms with E-state index in [4.69, 9.17) is 22.2 Å². The third-order valence-electron chi connectivity index (χ3n) is 4.94. The largest absolute Gasteiger partial charge is 0.494 e. The molecule has 0 spiro atoms. The minimum absolute atomic E-state index is 0.581. The van der Waals surface area contributed by atoms with Gasteiger partial charge in [0, 0.05) is 25.0 Å². The molecule has 0 radical (unpaired) electrons. The number of hydrogen-bond acceptors (Lipinski definition) is 4. The minimum Gasteiger partial charge on any atom is -0.494 e. The van der Waals surface area contributed by atoms with Gasteiger partial charge in [0.05, 0.1) is 18.2 Å². The first-order chi connectivity index (χ1) is 15.0. The van der Waals surface area contributed by atoms with E-state index in [9.17, 15) is 0 Å². The van der Waals surface area contributed by atoms with Crippen molar-refractivity contribution in [2.24, 2.45) is 0 Å². The molecule has 6 heteroatoms. The normalized spacial score (nSPS) is 10.4. The van der Waals surface area contributed by atoms with Crippen LogP contribution in [-0.4, -0.2) is 43.8 Å². The Labute approximate surface area is 191 Å². The van der Waals surface area contributed by atoms with Crippen LogP contribution in [0.2, 0.25) is 0 Å². The lowest BCUT2D eigenvalue weighted by Crippen LogP contribution is -2.30. The van der Waals surface area contributed by atoms with E-state index in [1.54, 1.807) is 12.1 Å². The molecule has 1 N–H and O–H groups in total. The van der Waals surface area contributed by atoms with Crippen LogP contribution in [0.25, 0.3) is 0 Å². The number of likely N-dealkylation sites (N-methyl/N-ethyl adjacent to an activating group) is 1. The highest BCUT2D eigenvalue weighted by atomic mass is 32.1. The molecule has 2 rings (SSSR count). The third-order valence-corrected chi connectivity index (χ3v) is 5.31. The molecule has 31 heavy (non-hydrogen) atoms. The van der Waals surface area contributed by atoms with Gasteiger partial charge in [-0.2, -0.15) is 5.26 Å². The Morgan fingerprint density at radius 2 is 1.74 bits per heavy atom. The molecule has 0 saturated heterocycles. The summed E-state index contributed by atoms with van der Waals surface area (Å²) in [6, 6.07) is 17.3. The van der Waals surface area contributed by atoms with Crippen LogP contribution in [0.4, 0.5) is 11.4 Å². The maximum atomic E-state index is 8.89. The Bertz CT molecular complexity index is 859. The van der Waals surface area contributed by atoms with E-state index in [0.717, 1.165) is 43.2 Å². The summed E-state index contributed by atoms with van der Waals surface area (Å²) in [5, 5.41) is 12.7. The lowest BCUT2D eigenvalue weighted by atomic mass is 10.2. The Balaban J connectivity index is 1.69. The number of thiocarbonyl (C=S) groups is 1. The van der Waals surface area contributed by atoms with Gasteiger partial charge in [0.25, 0.3) is 0 Å². The van der Waals surface area contributed by atoms with Crippen LogP contribution < -0.4 is 15.0 Å². The van der Waals surface area contributed by atoms with Crippen molar-refractivity contribution < 1.29 is 4.74 Å². The maximum absolute atomic E-state index is 8.89. The van der Waals surface area contributed by atoms with E-state index in [1.165, 1.54) is 19.3 Å². The average Bonchev–Trinajstić information content (AvgIpc) is 2.79. The predicted molar refractivity (Wildman–Crippen MR) is 134 cm³/mol. The quantitative estimate of drug-likeness (QED) is 0.271. The molecule has 5 nitrogen and oxygen atoms in total. The van der Waals surface area contributed by atoms with Crippen molar-refractivity contribution in [3.63, 3.8) is 0 Å². The van der Waals surface area contributed by atoms with Crippen LogP contribution in [0.3, 0.4) is 0 Å². The van der Waals surface area contributed by atoms with Gasteiger partial charge in [-0.05, 0) is 87.2 Å². The highest BCUT2D eigenvalue weighted by molar-refractivity contribution is 7.80. The van der Waals surface area contributed by atoms with E-state index in [-0.39, 0.29) is 0 Å². The molecule has 0 unspecified atom stereocenters. The summed E-state index contributed by atoms with van der Waals surface area (Å²) in [4.78, 5) is 4.19. The fourth-order valence-electron chi connectivity index (χ4n) is 3.06. The molecule has 2 aromatic carbocycles. The molecular weight excluding hydrogens is 404 g/mol. The van der Waals surface area contributed by atoms with Crippen molar-refractivity contribution in [1.29, 1.82) is 5.26 Å². The highest BCUT2D eigenvalue weighted by Gasteiger charge is 2.08. The van der Waals surface area contributed by atoms with Gasteiger partial charge in [-0.15, -0.1) is 6.58 Å². The molecule has 0 bridgehead atoms. The highest BCUT2D eigenvalue weighted by Crippen LogP contribution is 2.20. The summed E-state index contributed by atoms with van der Waals surface area (Å²) >= 11 is 5.50. The number of nitrogens with one attached hydrogen (secondary N) is 1. The van der Waals surface area contributed by atoms with Crippen molar-refractivity contribution in [3.8, 4) is 11.8 Å². The summed E-state index contributed by atoms with van der Waals surface area (Å²) < 4.78 is 5.87. The summed E-state index contributed by atoms with van der Waals surface area (Å²) in [6.07, 6.45) is 6.61. The van der Waals surface area contributed by atoms with Gasteiger partial charge in [0.1, 0.15) is 5.75 Å². The van der Waals surface area contributed by atoms with Crippen LogP contribution in [0.15, 0.2) is 61.2 Å². The number of unbranched alkanes of at least 4 members (excludes halogenated alkanes) is 3. The molecule has 0 aliphatic heterocycles. The zero-order chi connectivity index (χ0) is 22.5. The first-order valence-electron chi connectivity index (χ1n) is 10.6. The van der Waals surface area contributed by atoms with Crippen LogP contribution >= 0.6 is 12.2 Å². The predicted octanol–water partition coefficient (Wildman–Crippen LogP) is 5.45. The lowest BCUT2D eigenvalue weighted by Gasteiger charge is -2.21. The van der Waals surface area contributed by atoms with Crippen LogP contribution in [0, 0.1) is 11.3 Å². The van der Waals surface area contributed by atoms with Crippen molar-refractivity contribution in [3.05, 3.63) is 66.7 Å². The number of nitriles is 1. The van der Waals surface area contributed by atoms with Crippen molar-refractivity contribution in [2.45, 2.75) is 25.7 Å². The first-order valence-corrected chi connectivity index (χ1v) is 11.0. The summed E-state index contributed by atoms with van der Waals surface area (Å²) in [5.74, 6) is 0.869. The number of ether oxygens (including phenoxy) is 1. The number of benzene rings is 2. The molecule has 0 atom stereocenters. The molecule has 0 aromatic heterocycles. The van der Waals surface area contributed by atoms with E-state index in [0.29, 0.717) is 10.7 Å². The molecule has 2 aromatic rings. The van der Waals surface area contributed by atoms with Crippen molar-refractivity contribution >= 4 is 28.7 Å². The first kappa shape index (κ1) is 24.4. The molecule has 0 heterocycles. The van der Waals surface area contributed by atoms with Crippen LogP contribution in [0.1, 0.15) is 31.2 Å². The Morgan fingerprint density at radius 3 is 2.39 bits per heavy atom. The molecular formula is C25H32N4OS. The molecule has 0 fully saturated rings. The van der Waals surface area contributed by atoms with Gasteiger partial charge in [0.15, 0.2) is 5.11 Å². The monoisotopic (exact) mass is 436 g/mol. The zero-order valence-electron chi connectivity index (χ0n) is 18.5. The molecule has 0 saturated carbocycles. The summed E-state index contributed by atoms with van der Waals surface area (Å²) in [5.41, 5.74) is 2.45. The SMILES string of the molecule is C=CCN(C)CCCCCCOc1ccc(N(C)C(=S)Nc2ccc(C#N)cc2)cc1. The zero-order valence-corrected chi connectivity index (χ0v) is 19.3. The van der Waals surface area contributed by atoms with Gasteiger partial charge >= 0.3 is 0 Å². The van der Waals surface area contributed by atoms with Gasteiger partial charge < -0.3 is 19.9 Å². The third kappa shape index (κ3) is 8.79. The standard InChI is InChI=1S/C25H32N4OS/c1-4-17-28(2)18-7-5-6-8-19-30-24-15-13-23(14-16-24)29(3)25(31)27-22-11-9-21(20-26)10-12-22/h4,9-16H,1,5-8,17-19H2,2-3H3,(H,27,31). The van der Waals surface area contributed by atoms with Gasteiger partial charge in [-0.1, -0.05) is 18.9 Å². The number of nitrogens with zero attached hydrogens (tertiary/aromatic N) is 3. The van der Waals surface area contributed by atoms with Gasteiger partial charge in [0.2, 0.25) is 0 Å². The Morgan fingerprint density at radius 1 is 1.06 bits per heavy atom. The van der Waals surface area contributed by atoms with Crippen molar-refractivity contribution in [1.82, 2.24) is 4.90 Å².